The van der Waals surface area contributed by atoms with E-state index < -0.39 is 17.5 Å². The summed E-state index contributed by atoms with van der Waals surface area (Å²) < 4.78 is 27.3. The van der Waals surface area contributed by atoms with Crippen molar-refractivity contribution in [2.45, 2.75) is 6.42 Å². The smallest absolute Gasteiger partial charge is 0.228 e. The average Bonchev–Trinajstić information content (AvgIpc) is 2.44. The Balaban J connectivity index is 2.18. The Morgan fingerprint density at radius 1 is 1.29 bits per heavy atom. The van der Waals surface area contributed by atoms with Gasteiger partial charge in [0, 0.05) is 10.0 Å². The minimum Gasteiger partial charge on any atom is -0.325 e. The first kappa shape index (κ1) is 15.1. The third kappa shape index (κ3) is 3.64. The number of nitrogens with zero attached hydrogens (tertiary/aromatic N) is 1. The number of nitrogens with one attached hydrogen (secondary N) is 1. The fourth-order valence-corrected chi connectivity index (χ4v) is 2.13. The van der Waals surface area contributed by atoms with Gasteiger partial charge in [0.05, 0.1) is 17.7 Å². The van der Waals surface area contributed by atoms with Gasteiger partial charge in [-0.05, 0) is 24.3 Å². The van der Waals surface area contributed by atoms with Gasteiger partial charge >= 0.3 is 0 Å². The number of carbonyl (C=O) groups excluding carboxylic acids is 1. The van der Waals surface area contributed by atoms with Crippen LogP contribution in [0.3, 0.4) is 0 Å². The number of nitriles is 1. The van der Waals surface area contributed by atoms with E-state index in [0.29, 0.717) is 10.2 Å². The van der Waals surface area contributed by atoms with Crippen molar-refractivity contribution in [2.75, 3.05) is 5.32 Å². The van der Waals surface area contributed by atoms with Crippen LogP contribution in [0.15, 0.2) is 40.9 Å². The summed E-state index contributed by atoms with van der Waals surface area (Å²) in [6.45, 7) is 0. The molecule has 0 radical (unpaired) electrons. The van der Waals surface area contributed by atoms with Crippen molar-refractivity contribution in [1.29, 1.82) is 5.26 Å². The highest BCUT2D eigenvalue weighted by atomic mass is 79.9. The number of benzene rings is 2. The molecule has 0 aromatic heterocycles. The van der Waals surface area contributed by atoms with Gasteiger partial charge in [0.25, 0.3) is 0 Å². The number of carbonyl (C=O) groups is 1. The van der Waals surface area contributed by atoms with Gasteiger partial charge in [0.1, 0.15) is 6.07 Å². The number of amides is 1. The first-order chi connectivity index (χ1) is 10.0. The van der Waals surface area contributed by atoms with Crippen molar-refractivity contribution in [3.05, 3.63) is 63.6 Å². The van der Waals surface area contributed by atoms with Gasteiger partial charge < -0.3 is 5.32 Å². The SMILES string of the molecule is N#Cc1ccc(Br)cc1NC(=O)Cc1cccc(F)c1F. The maximum atomic E-state index is 13.5. The standard InChI is InChI=1S/C15H9BrF2N2O/c16-11-5-4-10(8-19)13(7-11)20-14(21)6-9-2-1-3-12(17)15(9)18/h1-5,7H,6H2,(H,20,21). The van der Waals surface area contributed by atoms with Crippen LogP contribution in [-0.4, -0.2) is 5.91 Å². The van der Waals surface area contributed by atoms with E-state index >= 15 is 0 Å². The fourth-order valence-electron chi connectivity index (χ4n) is 1.77. The van der Waals surface area contributed by atoms with Crippen LogP contribution in [0, 0.1) is 23.0 Å². The molecule has 21 heavy (non-hydrogen) atoms. The van der Waals surface area contributed by atoms with E-state index in [-0.39, 0.29) is 17.5 Å². The predicted molar refractivity (Wildman–Crippen MR) is 77.5 cm³/mol. The average molecular weight is 351 g/mol. The molecule has 106 valence electrons. The largest absolute Gasteiger partial charge is 0.325 e. The van der Waals surface area contributed by atoms with E-state index in [1.165, 1.54) is 12.1 Å². The molecule has 0 aliphatic carbocycles. The fraction of sp³-hybridized carbons (Fsp3) is 0.0667. The van der Waals surface area contributed by atoms with Gasteiger partial charge in [-0.15, -0.1) is 0 Å². The van der Waals surface area contributed by atoms with E-state index in [1.807, 2.05) is 6.07 Å². The molecule has 0 saturated heterocycles. The molecule has 0 aliphatic heterocycles. The molecule has 1 amide bonds. The van der Waals surface area contributed by atoms with Gasteiger partial charge in [-0.25, -0.2) is 8.78 Å². The summed E-state index contributed by atoms with van der Waals surface area (Å²) in [4.78, 5) is 11.9. The highest BCUT2D eigenvalue weighted by molar-refractivity contribution is 9.10. The van der Waals surface area contributed by atoms with Crippen LogP contribution < -0.4 is 5.32 Å². The zero-order valence-electron chi connectivity index (χ0n) is 10.7. The van der Waals surface area contributed by atoms with Crippen LogP contribution in [0.5, 0.6) is 0 Å². The van der Waals surface area contributed by atoms with Crippen molar-refractivity contribution in [3.8, 4) is 6.07 Å². The second-order valence-corrected chi connectivity index (χ2v) is 5.16. The lowest BCUT2D eigenvalue weighted by Gasteiger charge is -2.08. The van der Waals surface area contributed by atoms with Gasteiger partial charge in [-0.1, -0.05) is 28.1 Å². The van der Waals surface area contributed by atoms with E-state index in [0.717, 1.165) is 6.07 Å². The molecule has 6 heteroatoms. The molecule has 2 aromatic rings. The zero-order valence-corrected chi connectivity index (χ0v) is 12.2. The molecule has 2 aromatic carbocycles. The molecular weight excluding hydrogens is 342 g/mol. The van der Waals surface area contributed by atoms with Crippen LogP contribution in [0.25, 0.3) is 0 Å². The quantitative estimate of drug-likeness (QED) is 0.915. The highest BCUT2D eigenvalue weighted by Crippen LogP contribution is 2.21. The van der Waals surface area contributed by atoms with E-state index in [1.54, 1.807) is 18.2 Å². The maximum Gasteiger partial charge on any atom is 0.228 e. The van der Waals surface area contributed by atoms with Crippen LogP contribution in [0.4, 0.5) is 14.5 Å². The molecule has 0 saturated carbocycles. The summed E-state index contributed by atoms with van der Waals surface area (Å²) in [5.74, 6) is -2.57. The minimum atomic E-state index is -1.04. The third-order valence-electron chi connectivity index (χ3n) is 2.76. The van der Waals surface area contributed by atoms with E-state index in [9.17, 15) is 13.6 Å². The number of hydrogen-bond donors (Lipinski definition) is 1. The Hall–Kier alpha value is -2.26. The van der Waals surface area contributed by atoms with E-state index in [4.69, 9.17) is 5.26 Å². The summed E-state index contributed by atoms with van der Waals surface area (Å²) in [5, 5.41) is 11.5. The van der Waals surface area contributed by atoms with Crippen LogP contribution in [0.1, 0.15) is 11.1 Å². The van der Waals surface area contributed by atoms with Gasteiger partial charge in [-0.2, -0.15) is 5.26 Å². The Bertz CT molecular complexity index is 741. The normalized spacial score (nSPS) is 10.0. The lowest BCUT2D eigenvalue weighted by molar-refractivity contribution is -0.115. The van der Waals surface area contributed by atoms with Crippen LogP contribution >= 0.6 is 15.9 Å². The second-order valence-electron chi connectivity index (χ2n) is 4.24. The number of rotatable bonds is 3. The number of hydrogen-bond acceptors (Lipinski definition) is 2. The summed E-state index contributed by atoms with van der Waals surface area (Å²) in [6, 6.07) is 10.4. The molecule has 3 nitrogen and oxygen atoms in total. The highest BCUT2D eigenvalue weighted by Gasteiger charge is 2.13. The summed E-state index contributed by atoms with van der Waals surface area (Å²) in [6.07, 6.45) is -0.318. The monoisotopic (exact) mass is 350 g/mol. The van der Waals surface area contributed by atoms with Crippen molar-refractivity contribution in [3.63, 3.8) is 0 Å². The van der Waals surface area contributed by atoms with Gasteiger partial charge in [0.15, 0.2) is 11.6 Å². The number of halogens is 3. The van der Waals surface area contributed by atoms with Crippen molar-refractivity contribution < 1.29 is 13.6 Å². The first-order valence-electron chi connectivity index (χ1n) is 5.93. The van der Waals surface area contributed by atoms with Gasteiger partial charge in [-0.3, -0.25) is 4.79 Å². The Kier molecular flexibility index (Phi) is 4.66. The lowest BCUT2D eigenvalue weighted by Crippen LogP contribution is -2.16. The maximum absolute atomic E-state index is 13.5. The molecule has 0 aliphatic rings. The third-order valence-corrected chi connectivity index (χ3v) is 3.25. The van der Waals surface area contributed by atoms with Gasteiger partial charge in [0.2, 0.25) is 5.91 Å². The minimum absolute atomic E-state index is 0.0407. The summed E-state index contributed by atoms with van der Waals surface area (Å²) in [7, 11) is 0. The second kappa shape index (κ2) is 6.46. The molecule has 0 spiro atoms. The van der Waals surface area contributed by atoms with Crippen molar-refractivity contribution in [1.82, 2.24) is 0 Å². The predicted octanol–water partition coefficient (Wildman–Crippen LogP) is 3.78. The zero-order chi connectivity index (χ0) is 15.4. The topological polar surface area (TPSA) is 52.9 Å². The molecule has 0 bridgehead atoms. The molecule has 0 heterocycles. The molecule has 0 atom stereocenters. The van der Waals surface area contributed by atoms with Crippen LogP contribution in [0.2, 0.25) is 0 Å². The Morgan fingerprint density at radius 2 is 2.05 bits per heavy atom. The van der Waals surface area contributed by atoms with Crippen molar-refractivity contribution in [2.24, 2.45) is 0 Å². The summed E-state index contributed by atoms with van der Waals surface area (Å²) >= 11 is 3.23. The number of anilines is 1. The molecule has 2 rings (SSSR count). The summed E-state index contributed by atoms with van der Waals surface area (Å²) in [5.41, 5.74) is 0.556. The Morgan fingerprint density at radius 3 is 2.76 bits per heavy atom. The Labute approximate surface area is 128 Å². The molecule has 1 N–H and O–H groups in total. The molecule has 0 unspecified atom stereocenters. The molecule has 0 fully saturated rings. The molecular formula is C15H9BrF2N2O. The van der Waals surface area contributed by atoms with Crippen molar-refractivity contribution >= 4 is 27.5 Å². The first-order valence-corrected chi connectivity index (χ1v) is 6.73. The van der Waals surface area contributed by atoms with Crippen LogP contribution in [-0.2, 0) is 11.2 Å². The lowest BCUT2D eigenvalue weighted by atomic mass is 10.1. The van der Waals surface area contributed by atoms with E-state index in [2.05, 4.69) is 21.2 Å².